The first kappa shape index (κ1) is 19.7. The van der Waals surface area contributed by atoms with E-state index in [9.17, 15) is 13.6 Å². The third kappa shape index (κ3) is 3.97. The van der Waals surface area contributed by atoms with Gasteiger partial charge < -0.3 is 15.3 Å². The van der Waals surface area contributed by atoms with Crippen LogP contribution in [0.15, 0.2) is 30.3 Å². The van der Waals surface area contributed by atoms with Crippen LogP contribution in [0.3, 0.4) is 0 Å². The Balaban J connectivity index is 2.50. The van der Waals surface area contributed by atoms with Crippen molar-refractivity contribution in [2.75, 3.05) is 12.8 Å². The Kier molecular flexibility index (Phi) is 6.23. The number of halogens is 4. The van der Waals surface area contributed by atoms with E-state index in [1.54, 1.807) is 0 Å². The topological polar surface area (TPSA) is 86.5 Å². The highest BCUT2D eigenvalue weighted by atomic mass is 35.5. The minimum absolute atomic E-state index is 0.00980. The number of pyridine rings is 1. The predicted octanol–water partition coefficient (Wildman–Crippen LogP) is 4.28. The number of hydrogen-bond acceptors (Lipinski definition) is 5. The summed E-state index contributed by atoms with van der Waals surface area (Å²) < 4.78 is 31.8. The molecule has 3 N–H and O–H groups in total. The number of hydroxylamine groups is 1. The SMILES string of the molecule is COc1c(Cl)ccc(-c2cc(N)c(Cl)c(C(=O)NOC(C)=CF)n2)c1F. The van der Waals surface area contributed by atoms with E-state index < -0.39 is 11.7 Å². The number of anilines is 1. The number of allylic oxidation sites excluding steroid dienone is 1. The Morgan fingerprint density at radius 1 is 1.38 bits per heavy atom. The van der Waals surface area contributed by atoms with Crippen LogP contribution in [0.2, 0.25) is 10.0 Å². The molecule has 10 heteroatoms. The molecule has 0 unspecified atom stereocenters. The van der Waals surface area contributed by atoms with E-state index in [2.05, 4.69) is 9.82 Å². The summed E-state index contributed by atoms with van der Waals surface area (Å²) in [6.07, 6.45) is 0.148. The molecule has 1 heterocycles. The quantitative estimate of drug-likeness (QED) is 0.574. The maximum absolute atomic E-state index is 14.6. The molecule has 0 saturated carbocycles. The monoisotopic (exact) mass is 403 g/mol. The van der Waals surface area contributed by atoms with E-state index in [-0.39, 0.29) is 50.5 Å². The summed E-state index contributed by atoms with van der Waals surface area (Å²) in [6.45, 7) is 1.27. The molecule has 1 aromatic carbocycles. The smallest absolute Gasteiger partial charge is 0.304 e. The largest absolute Gasteiger partial charge is 0.492 e. The molecule has 0 atom stereocenters. The fourth-order valence-electron chi connectivity index (χ4n) is 1.95. The molecule has 0 aliphatic carbocycles. The van der Waals surface area contributed by atoms with Crippen molar-refractivity contribution in [3.05, 3.63) is 51.8 Å². The van der Waals surface area contributed by atoms with Crippen molar-refractivity contribution in [1.29, 1.82) is 0 Å². The van der Waals surface area contributed by atoms with Gasteiger partial charge in [0.2, 0.25) is 0 Å². The molecule has 6 nitrogen and oxygen atoms in total. The number of benzene rings is 1. The molecule has 0 aliphatic heterocycles. The molecule has 0 saturated heterocycles. The number of methoxy groups -OCH3 is 1. The molecular formula is C16H13Cl2F2N3O3. The fraction of sp³-hybridized carbons (Fsp3) is 0.125. The van der Waals surface area contributed by atoms with Crippen molar-refractivity contribution in [3.63, 3.8) is 0 Å². The molecule has 138 valence electrons. The lowest BCUT2D eigenvalue weighted by Crippen LogP contribution is -2.25. The van der Waals surface area contributed by atoms with Crippen molar-refractivity contribution in [2.24, 2.45) is 0 Å². The molecule has 0 radical (unpaired) electrons. The normalized spacial score (nSPS) is 11.2. The van der Waals surface area contributed by atoms with Gasteiger partial charge in [0.15, 0.2) is 23.0 Å². The zero-order chi connectivity index (χ0) is 19.4. The van der Waals surface area contributed by atoms with Gasteiger partial charge in [-0.3, -0.25) is 4.79 Å². The average molecular weight is 404 g/mol. The van der Waals surface area contributed by atoms with Crippen molar-refractivity contribution in [1.82, 2.24) is 10.5 Å². The highest BCUT2D eigenvalue weighted by Crippen LogP contribution is 2.36. The van der Waals surface area contributed by atoms with Gasteiger partial charge >= 0.3 is 5.91 Å². The first-order valence-corrected chi connectivity index (χ1v) is 7.78. The van der Waals surface area contributed by atoms with Crippen LogP contribution in [0.1, 0.15) is 17.4 Å². The Bertz CT molecular complexity index is 892. The van der Waals surface area contributed by atoms with Crippen LogP contribution in [0.25, 0.3) is 11.3 Å². The number of amides is 1. The van der Waals surface area contributed by atoms with E-state index >= 15 is 0 Å². The Hall–Kier alpha value is -2.58. The molecular weight excluding hydrogens is 391 g/mol. The third-order valence-electron chi connectivity index (χ3n) is 3.19. The lowest BCUT2D eigenvalue weighted by atomic mass is 10.1. The van der Waals surface area contributed by atoms with Gasteiger partial charge in [-0.15, -0.1) is 0 Å². The van der Waals surface area contributed by atoms with E-state index in [1.807, 2.05) is 5.48 Å². The average Bonchev–Trinajstić information content (AvgIpc) is 2.62. The summed E-state index contributed by atoms with van der Waals surface area (Å²) in [4.78, 5) is 20.8. The summed E-state index contributed by atoms with van der Waals surface area (Å²) in [6, 6.07) is 4.05. The molecule has 0 fully saturated rings. The van der Waals surface area contributed by atoms with Crippen LogP contribution in [0, 0.1) is 5.82 Å². The van der Waals surface area contributed by atoms with E-state index in [0.29, 0.717) is 0 Å². The zero-order valence-electron chi connectivity index (χ0n) is 13.6. The van der Waals surface area contributed by atoms with Crippen molar-refractivity contribution < 1.29 is 23.1 Å². The van der Waals surface area contributed by atoms with E-state index in [4.69, 9.17) is 33.7 Å². The van der Waals surface area contributed by atoms with Crippen LogP contribution >= 0.6 is 23.2 Å². The maximum Gasteiger partial charge on any atom is 0.304 e. The molecule has 0 bridgehead atoms. The van der Waals surface area contributed by atoms with Gasteiger partial charge in [-0.2, -0.15) is 5.48 Å². The van der Waals surface area contributed by atoms with Crippen molar-refractivity contribution >= 4 is 34.8 Å². The number of carbonyl (C=O) groups excluding carboxylic acids is 1. The molecule has 0 aliphatic rings. The minimum atomic E-state index is -0.897. The van der Waals surface area contributed by atoms with Crippen LogP contribution in [0.4, 0.5) is 14.5 Å². The second kappa shape index (κ2) is 8.20. The highest BCUT2D eigenvalue weighted by Gasteiger charge is 2.21. The Morgan fingerprint density at radius 2 is 2.08 bits per heavy atom. The number of nitrogen functional groups attached to an aromatic ring is 1. The summed E-state index contributed by atoms with van der Waals surface area (Å²) in [7, 11) is 1.26. The lowest BCUT2D eigenvalue weighted by molar-refractivity contribution is 0.0572. The molecule has 0 spiro atoms. The lowest BCUT2D eigenvalue weighted by Gasteiger charge is -2.12. The number of nitrogens with zero attached hydrogens (tertiary/aromatic N) is 1. The van der Waals surface area contributed by atoms with Crippen LogP contribution in [0.5, 0.6) is 5.75 Å². The Morgan fingerprint density at radius 3 is 2.69 bits per heavy atom. The number of rotatable bonds is 5. The van der Waals surface area contributed by atoms with Gasteiger partial charge in [-0.1, -0.05) is 23.2 Å². The van der Waals surface area contributed by atoms with Crippen LogP contribution in [-0.2, 0) is 4.84 Å². The summed E-state index contributed by atoms with van der Waals surface area (Å²) in [5, 5.41) is -0.103. The van der Waals surface area contributed by atoms with Crippen LogP contribution in [-0.4, -0.2) is 18.0 Å². The summed E-state index contributed by atoms with van der Waals surface area (Å²) >= 11 is 11.9. The van der Waals surface area contributed by atoms with Gasteiger partial charge in [0, 0.05) is 5.56 Å². The Labute approximate surface area is 157 Å². The number of aromatic nitrogens is 1. The van der Waals surface area contributed by atoms with Gasteiger partial charge in [0.05, 0.1) is 28.5 Å². The second-order valence-corrected chi connectivity index (χ2v) is 5.74. The fourth-order valence-corrected chi connectivity index (χ4v) is 2.36. The van der Waals surface area contributed by atoms with Gasteiger partial charge in [0.1, 0.15) is 6.33 Å². The number of hydrogen-bond donors (Lipinski definition) is 2. The van der Waals surface area contributed by atoms with Crippen LogP contribution < -0.4 is 16.0 Å². The van der Waals surface area contributed by atoms with E-state index in [1.165, 1.54) is 32.2 Å². The number of ether oxygens (including phenoxy) is 1. The maximum atomic E-state index is 14.6. The van der Waals surface area contributed by atoms with Crippen molar-refractivity contribution in [2.45, 2.75) is 6.92 Å². The number of nitrogens with two attached hydrogens (primary N) is 1. The van der Waals surface area contributed by atoms with Crippen molar-refractivity contribution in [3.8, 4) is 17.0 Å². The first-order chi connectivity index (χ1) is 12.3. The molecule has 26 heavy (non-hydrogen) atoms. The van der Waals surface area contributed by atoms with Gasteiger partial charge in [-0.25, -0.2) is 13.8 Å². The predicted molar refractivity (Wildman–Crippen MR) is 94.0 cm³/mol. The summed E-state index contributed by atoms with van der Waals surface area (Å²) in [5.74, 6) is -2.07. The van der Waals surface area contributed by atoms with Gasteiger partial charge in [-0.05, 0) is 25.1 Å². The molecule has 1 amide bonds. The molecule has 2 aromatic rings. The highest BCUT2D eigenvalue weighted by molar-refractivity contribution is 6.36. The van der Waals surface area contributed by atoms with Gasteiger partial charge in [0.25, 0.3) is 0 Å². The third-order valence-corrected chi connectivity index (χ3v) is 3.88. The first-order valence-electron chi connectivity index (χ1n) is 7.02. The molecule has 2 rings (SSSR count). The standard InChI is InChI=1S/C16H13Cl2F2N3O3/c1-7(6-19)26-23-16(24)14-12(18)10(21)5-11(22-14)8-3-4-9(17)15(25-2)13(8)20/h3-6H,1-2H3,(H2,21,22)(H,23,24). The number of nitrogens with one attached hydrogen (secondary N) is 1. The zero-order valence-corrected chi connectivity index (χ0v) is 15.1. The summed E-state index contributed by atoms with van der Waals surface area (Å²) in [5.41, 5.74) is 7.39. The second-order valence-electron chi connectivity index (χ2n) is 4.95. The molecule has 1 aromatic heterocycles. The number of carbonyl (C=O) groups is 1. The van der Waals surface area contributed by atoms with E-state index in [0.717, 1.165) is 0 Å². The minimum Gasteiger partial charge on any atom is -0.492 e.